The molecule has 28 heavy (non-hydrogen) atoms. The number of rotatable bonds is 6. The quantitative estimate of drug-likeness (QED) is 0.680. The third kappa shape index (κ3) is 4.49. The molecule has 3 rings (SSSR count). The second-order valence-corrected chi connectivity index (χ2v) is 7.14. The van der Waals surface area contributed by atoms with Gasteiger partial charge in [-0.1, -0.05) is 35.9 Å². The molecule has 2 unspecified atom stereocenters. The molecule has 0 amide bonds. The summed E-state index contributed by atoms with van der Waals surface area (Å²) in [7, 11) is 1.37. The summed E-state index contributed by atoms with van der Waals surface area (Å²) >= 11 is 6.37. The molecule has 1 fully saturated rings. The van der Waals surface area contributed by atoms with Crippen molar-refractivity contribution in [2.75, 3.05) is 13.7 Å². The Kier molecular flexibility index (Phi) is 6.93. The van der Waals surface area contributed by atoms with Gasteiger partial charge in [0.2, 0.25) is 0 Å². The summed E-state index contributed by atoms with van der Waals surface area (Å²) in [6.45, 7) is 2.55. The molecule has 2 aromatic rings. The van der Waals surface area contributed by atoms with Crippen molar-refractivity contribution < 1.29 is 29.5 Å². The molecule has 1 aliphatic rings. The molecule has 1 heterocycles. The Bertz CT molecular complexity index is 779. The minimum atomic E-state index is -1.38. The van der Waals surface area contributed by atoms with Gasteiger partial charge in [0.1, 0.15) is 30.2 Å². The maximum Gasteiger partial charge on any atom is 0.186 e. The lowest BCUT2D eigenvalue weighted by Crippen LogP contribution is -2.54. The number of aliphatic hydroxyl groups excluding tert-OH is 3. The zero-order valence-electron chi connectivity index (χ0n) is 15.8. The lowest BCUT2D eigenvalue weighted by molar-refractivity contribution is -0.292. The molecule has 3 N–H and O–H groups in total. The standard InChI is InChI=1S/C21H25ClO6/c1-3-27-15-7-4-12(5-8-15)10-14-11-13(6-9-16(14)22)20-18(24)17(23)19(25)21(26-2)28-20/h4-9,11,17-21,23-25H,3,10H2,1-2H3/t17-,18?,19+,20?,21+/m1/s1. The Morgan fingerprint density at radius 3 is 2.36 bits per heavy atom. The average Bonchev–Trinajstić information content (AvgIpc) is 2.70. The fourth-order valence-corrected chi connectivity index (χ4v) is 3.50. The molecule has 0 bridgehead atoms. The first kappa shape index (κ1) is 21.0. The minimum Gasteiger partial charge on any atom is -0.494 e. The Morgan fingerprint density at radius 1 is 1.00 bits per heavy atom. The first-order valence-electron chi connectivity index (χ1n) is 9.17. The number of methoxy groups -OCH3 is 1. The fraction of sp³-hybridized carbons (Fsp3) is 0.429. The van der Waals surface area contributed by atoms with E-state index in [2.05, 4.69) is 0 Å². The predicted molar refractivity (Wildman–Crippen MR) is 105 cm³/mol. The van der Waals surface area contributed by atoms with Crippen LogP contribution in [-0.4, -0.2) is 53.6 Å². The average molecular weight is 409 g/mol. The number of aliphatic hydroxyl groups is 3. The predicted octanol–water partition coefficient (Wildman–Crippen LogP) is 2.46. The van der Waals surface area contributed by atoms with E-state index in [-0.39, 0.29) is 0 Å². The smallest absolute Gasteiger partial charge is 0.186 e. The number of hydrogen-bond donors (Lipinski definition) is 3. The maximum absolute atomic E-state index is 10.4. The van der Waals surface area contributed by atoms with E-state index in [0.717, 1.165) is 16.9 Å². The normalized spacial score (nSPS) is 27.6. The van der Waals surface area contributed by atoms with E-state index in [1.807, 2.05) is 37.3 Å². The summed E-state index contributed by atoms with van der Waals surface area (Å²) < 4.78 is 16.2. The van der Waals surface area contributed by atoms with Crippen LogP contribution in [0.3, 0.4) is 0 Å². The van der Waals surface area contributed by atoms with Crippen LogP contribution >= 0.6 is 11.6 Å². The minimum absolute atomic E-state index is 0.584. The molecule has 7 heteroatoms. The molecular formula is C21H25ClO6. The van der Waals surface area contributed by atoms with Gasteiger partial charge in [0.25, 0.3) is 0 Å². The van der Waals surface area contributed by atoms with E-state index in [1.165, 1.54) is 7.11 Å². The second-order valence-electron chi connectivity index (χ2n) is 6.74. The van der Waals surface area contributed by atoms with Crippen LogP contribution in [0.1, 0.15) is 29.7 Å². The van der Waals surface area contributed by atoms with Gasteiger partial charge < -0.3 is 29.5 Å². The van der Waals surface area contributed by atoms with E-state index in [9.17, 15) is 15.3 Å². The number of ether oxygens (including phenoxy) is 3. The summed E-state index contributed by atoms with van der Waals surface area (Å²) in [5.41, 5.74) is 2.55. The Balaban J connectivity index is 1.82. The van der Waals surface area contributed by atoms with Gasteiger partial charge in [-0.15, -0.1) is 0 Å². The highest BCUT2D eigenvalue weighted by molar-refractivity contribution is 6.31. The highest BCUT2D eigenvalue weighted by Gasteiger charge is 2.44. The van der Waals surface area contributed by atoms with Crippen molar-refractivity contribution in [3.63, 3.8) is 0 Å². The number of halogens is 1. The molecule has 0 aromatic heterocycles. The van der Waals surface area contributed by atoms with Gasteiger partial charge in [-0.25, -0.2) is 0 Å². The summed E-state index contributed by atoms with van der Waals surface area (Å²) in [6, 6.07) is 13.1. The van der Waals surface area contributed by atoms with Crippen LogP contribution in [0.4, 0.5) is 0 Å². The van der Waals surface area contributed by atoms with E-state index in [4.69, 9.17) is 25.8 Å². The van der Waals surface area contributed by atoms with Gasteiger partial charge in [-0.2, -0.15) is 0 Å². The number of hydrogen-bond acceptors (Lipinski definition) is 6. The first-order valence-corrected chi connectivity index (χ1v) is 9.55. The summed E-state index contributed by atoms with van der Waals surface area (Å²) in [6.07, 6.45) is -5.30. The van der Waals surface area contributed by atoms with Gasteiger partial charge >= 0.3 is 0 Å². The summed E-state index contributed by atoms with van der Waals surface area (Å²) in [5.74, 6) is 0.808. The van der Waals surface area contributed by atoms with Crippen LogP contribution in [0, 0.1) is 0 Å². The summed E-state index contributed by atoms with van der Waals surface area (Å²) in [5, 5.41) is 31.0. The molecule has 0 radical (unpaired) electrons. The molecule has 0 spiro atoms. The number of benzene rings is 2. The van der Waals surface area contributed by atoms with Gasteiger partial charge in [-0.05, 0) is 48.2 Å². The topological polar surface area (TPSA) is 88.4 Å². The maximum atomic E-state index is 10.4. The molecule has 0 aliphatic carbocycles. The van der Waals surface area contributed by atoms with Crippen LogP contribution in [0.15, 0.2) is 42.5 Å². The molecule has 0 saturated carbocycles. The van der Waals surface area contributed by atoms with Crippen LogP contribution < -0.4 is 4.74 Å². The van der Waals surface area contributed by atoms with Gasteiger partial charge in [-0.3, -0.25) is 0 Å². The molecule has 152 valence electrons. The van der Waals surface area contributed by atoms with Crippen LogP contribution in [0.2, 0.25) is 5.02 Å². The Hall–Kier alpha value is -1.67. The van der Waals surface area contributed by atoms with E-state index < -0.39 is 30.7 Å². The van der Waals surface area contributed by atoms with E-state index in [1.54, 1.807) is 12.1 Å². The highest BCUT2D eigenvalue weighted by Crippen LogP contribution is 2.34. The largest absolute Gasteiger partial charge is 0.494 e. The SMILES string of the molecule is CCOc1ccc(Cc2cc(C3O[C@H](OC)[C@@H](O)[C@H](O)C3O)ccc2Cl)cc1. The third-order valence-corrected chi connectivity index (χ3v) is 5.20. The van der Waals surface area contributed by atoms with Crippen molar-refractivity contribution in [2.45, 2.75) is 44.1 Å². The van der Waals surface area contributed by atoms with Crippen molar-refractivity contribution in [1.82, 2.24) is 0 Å². The van der Waals surface area contributed by atoms with E-state index >= 15 is 0 Å². The highest BCUT2D eigenvalue weighted by atomic mass is 35.5. The lowest BCUT2D eigenvalue weighted by Gasteiger charge is -2.40. The Morgan fingerprint density at radius 2 is 1.71 bits per heavy atom. The first-order chi connectivity index (χ1) is 13.4. The zero-order valence-corrected chi connectivity index (χ0v) is 16.5. The van der Waals surface area contributed by atoms with E-state index in [0.29, 0.717) is 23.6 Å². The van der Waals surface area contributed by atoms with Crippen molar-refractivity contribution in [1.29, 1.82) is 0 Å². The molecule has 2 aromatic carbocycles. The van der Waals surface area contributed by atoms with Crippen molar-refractivity contribution in [2.24, 2.45) is 0 Å². The van der Waals surface area contributed by atoms with Gasteiger partial charge in [0, 0.05) is 12.1 Å². The van der Waals surface area contributed by atoms with Crippen molar-refractivity contribution in [3.8, 4) is 5.75 Å². The van der Waals surface area contributed by atoms with Gasteiger partial charge in [0.15, 0.2) is 6.29 Å². The third-order valence-electron chi connectivity index (χ3n) is 4.83. The van der Waals surface area contributed by atoms with Crippen molar-refractivity contribution >= 4 is 11.6 Å². The van der Waals surface area contributed by atoms with Crippen LogP contribution in [0.25, 0.3) is 0 Å². The van der Waals surface area contributed by atoms with Gasteiger partial charge in [0.05, 0.1) is 6.61 Å². The molecular weight excluding hydrogens is 384 g/mol. The second kappa shape index (κ2) is 9.22. The zero-order chi connectivity index (χ0) is 20.3. The lowest BCUT2D eigenvalue weighted by atomic mass is 9.92. The van der Waals surface area contributed by atoms with Crippen LogP contribution in [0.5, 0.6) is 5.75 Å². The van der Waals surface area contributed by atoms with Crippen LogP contribution in [-0.2, 0) is 15.9 Å². The monoisotopic (exact) mass is 408 g/mol. The summed E-state index contributed by atoms with van der Waals surface area (Å²) in [4.78, 5) is 0. The molecule has 1 saturated heterocycles. The Labute approximate surface area is 169 Å². The van der Waals surface area contributed by atoms with Crippen molar-refractivity contribution in [3.05, 3.63) is 64.2 Å². The molecule has 5 atom stereocenters. The fourth-order valence-electron chi connectivity index (χ4n) is 3.32. The molecule has 1 aliphatic heterocycles. The molecule has 6 nitrogen and oxygen atoms in total.